The summed E-state index contributed by atoms with van der Waals surface area (Å²) in [5.41, 5.74) is 3.92. The number of aromatic nitrogens is 2. The summed E-state index contributed by atoms with van der Waals surface area (Å²) in [7, 11) is 0. The van der Waals surface area contributed by atoms with Crippen LogP contribution in [0.5, 0.6) is 0 Å². The van der Waals surface area contributed by atoms with Crippen molar-refractivity contribution in [3.05, 3.63) is 71.3 Å². The lowest BCUT2D eigenvalue weighted by molar-refractivity contribution is 0.988. The first kappa shape index (κ1) is 14.2. The monoisotopic (exact) mass is 264 g/mol. The van der Waals surface area contributed by atoms with Gasteiger partial charge in [-0.25, -0.2) is 9.97 Å². The van der Waals surface area contributed by atoms with Crippen LogP contribution in [-0.4, -0.2) is 9.97 Å². The van der Waals surface area contributed by atoms with Gasteiger partial charge in [0.15, 0.2) is 5.82 Å². The molecule has 0 fully saturated rings. The summed E-state index contributed by atoms with van der Waals surface area (Å²) in [5, 5.41) is 0. The van der Waals surface area contributed by atoms with Crippen LogP contribution in [-0.2, 0) is 6.42 Å². The second-order valence-corrected chi connectivity index (χ2v) is 5.01. The van der Waals surface area contributed by atoms with E-state index in [-0.39, 0.29) is 0 Å². The highest BCUT2D eigenvalue weighted by atomic mass is 14.8. The van der Waals surface area contributed by atoms with Crippen molar-refractivity contribution in [2.24, 2.45) is 0 Å². The number of aryl methyl sites for hydroxylation is 1. The molecule has 2 nitrogen and oxygen atoms in total. The molecule has 1 aromatic carbocycles. The molecule has 2 heteroatoms. The highest BCUT2D eigenvalue weighted by Crippen LogP contribution is 2.11. The van der Waals surface area contributed by atoms with Crippen molar-refractivity contribution in [1.82, 2.24) is 9.97 Å². The Balaban J connectivity index is 2.02. The minimum absolute atomic E-state index is 0.738. The predicted molar refractivity (Wildman–Crippen MR) is 85.2 cm³/mol. The Hall–Kier alpha value is -2.22. The fourth-order valence-corrected chi connectivity index (χ4v) is 1.95. The van der Waals surface area contributed by atoms with Gasteiger partial charge in [0.1, 0.15) is 0 Å². The van der Waals surface area contributed by atoms with Crippen molar-refractivity contribution in [1.29, 1.82) is 0 Å². The van der Waals surface area contributed by atoms with Gasteiger partial charge in [0.05, 0.1) is 0 Å². The van der Waals surface area contributed by atoms with E-state index in [0.717, 1.165) is 18.7 Å². The third-order valence-corrected chi connectivity index (χ3v) is 2.95. The van der Waals surface area contributed by atoms with Gasteiger partial charge < -0.3 is 0 Å². The number of hydrogen-bond donors (Lipinski definition) is 0. The summed E-state index contributed by atoms with van der Waals surface area (Å²) >= 11 is 0. The maximum Gasteiger partial charge on any atom is 0.151 e. The van der Waals surface area contributed by atoms with Crippen LogP contribution in [0.25, 0.3) is 12.2 Å². The van der Waals surface area contributed by atoms with Crippen LogP contribution in [0, 0.1) is 0 Å². The summed E-state index contributed by atoms with van der Waals surface area (Å²) < 4.78 is 0. The first-order chi connectivity index (χ1) is 9.74. The van der Waals surface area contributed by atoms with Crippen molar-refractivity contribution in [2.75, 3.05) is 0 Å². The number of hydrogen-bond acceptors (Lipinski definition) is 2. The van der Waals surface area contributed by atoms with E-state index in [0.29, 0.717) is 0 Å². The van der Waals surface area contributed by atoms with Crippen molar-refractivity contribution in [2.45, 2.75) is 26.7 Å². The van der Waals surface area contributed by atoms with Crippen molar-refractivity contribution in [3.8, 4) is 0 Å². The summed E-state index contributed by atoms with van der Waals surface area (Å²) in [4.78, 5) is 8.36. The number of rotatable bonds is 5. The van der Waals surface area contributed by atoms with E-state index in [4.69, 9.17) is 0 Å². The molecule has 0 aliphatic carbocycles. The van der Waals surface area contributed by atoms with E-state index in [9.17, 15) is 0 Å². The fraction of sp³-hybridized carbons (Fsp3) is 0.222. The molecule has 20 heavy (non-hydrogen) atoms. The standard InChI is InChI=1S/C18H20N2/c1-15(2)6-3-7-16-8-4-9-17(14-16)10-11-18-19-12-5-13-20-18/h4-6,8-14H,3,7H2,1-2H3. The van der Waals surface area contributed by atoms with Gasteiger partial charge in [-0.05, 0) is 50.0 Å². The van der Waals surface area contributed by atoms with E-state index in [1.807, 2.05) is 12.1 Å². The molecule has 0 N–H and O–H groups in total. The fourth-order valence-electron chi connectivity index (χ4n) is 1.95. The molecule has 0 saturated heterocycles. The van der Waals surface area contributed by atoms with Crippen molar-refractivity contribution >= 4 is 12.2 Å². The molecule has 0 bridgehead atoms. The lowest BCUT2D eigenvalue weighted by Gasteiger charge is -2.01. The van der Waals surface area contributed by atoms with Gasteiger partial charge >= 0.3 is 0 Å². The lowest BCUT2D eigenvalue weighted by atomic mass is 10.1. The minimum atomic E-state index is 0.738. The molecular formula is C18H20N2. The minimum Gasteiger partial charge on any atom is -0.237 e. The number of allylic oxidation sites excluding steroid dienone is 2. The van der Waals surface area contributed by atoms with Gasteiger partial charge in [-0.15, -0.1) is 0 Å². The largest absolute Gasteiger partial charge is 0.237 e. The number of benzene rings is 1. The summed E-state index contributed by atoms with van der Waals surface area (Å²) in [5.74, 6) is 0.738. The molecular weight excluding hydrogens is 244 g/mol. The molecule has 2 aromatic rings. The van der Waals surface area contributed by atoms with Crippen LogP contribution in [0.2, 0.25) is 0 Å². The normalized spacial score (nSPS) is 10.7. The molecule has 0 aliphatic heterocycles. The zero-order chi connectivity index (χ0) is 14.2. The second kappa shape index (κ2) is 7.39. The summed E-state index contributed by atoms with van der Waals surface area (Å²) in [6, 6.07) is 10.4. The topological polar surface area (TPSA) is 25.8 Å². The molecule has 2 rings (SSSR count). The summed E-state index contributed by atoms with van der Waals surface area (Å²) in [6.07, 6.45) is 12.0. The average molecular weight is 264 g/mol. The van der Waals surface area contributed by atoms with E-state index >= 15 is 0 Å². The van der Waals surface area contributed by atoms with Gasteiger partial charge in [0.25, 0.3) is 0 Å². The SMILES string of the molecule is CC(C)=CCCc1cccc(C=Cc2ncccn2)c1. The van der Waals surface area contributed by atoms with E-state index in [2.05, 4.69) is 60.2 Å². The zero-order valence-electron chi connectivity index (χ0n) is 12.1. The smallest absolute Gasteiger partial charge is 0.151 e. The van der Waals surface area contributed by atoms with Crippen LogP contribution < -0.4 is 0 Å². The van der Waals surface area contributed by atoms with Crippen molar-refractivity contribution < 1.29 is 0 Å². The van der Waals surface area contributed by atoms with Crippen LogP contribution in [0.4, 0.5) is 0 Å². The molecule has 102 valence electrons. The number of nitrogens with zero attached hydrogens (tertiary/aromatic N) is 2. The van der Waals surface area contributed by atoms with Gasteiger partial charge in [-0.2, -0.15) is 0 Å². The Morgan fingerprint density at radius 1 is 1.05 bits per heavy atom. The van der Waals surface area contributed by atoms with Crippen molar-refractivity contribution in [3.63, 3.8) is 0 Å². The van der Waals surface area contributed by atoms with Gasteiger partial charge in [0, 0.05) is 12.4 Å². The molecule has 0 radical (unpaired) electrons. The quantitative estimate of drug-likeness (QED) is 0.741. The Labute approximate surface area is 120 Å². The van der Waals surface area contributed by atoms with Gasteiger partial charge in [-0.3, -0.25) is 0 Å². The molecule has 1 aromatic heterocycles. The highest BCUT2D eigenvalue weighted by molar-refractivity contribution is 5.66. The maximum atomic E-state index is 4.18. The Bertz CT molecular complexity index is 594. The van der Waals surface area contributed by atoms with Crippen LogP contribution in [0.15, 0.2) is 54.4 Å². The second-order valence-electron chi connectivity index (χ2n) is 5.01. The highest BCUT2D eigenvalue weighted by Gasteiger charge is 1.94. The Morgan fingerprint density at radius 2 is 1.85 bits per heavy atom. The van der Waals surface area contributed by atoms with E-state index in [1.165, 1.54) is 16.7 Å². The molecule has 0 unspecified atom stereocenters. The van der Waals surface area contributed by atoms with Gasteiger partial charge in [0.2, 0.25) is 0 Å². The molecule has 0 amide bonds. The third-order valence-electron chi connectivity index (χ3n) is 2.95. The lowest BCUT2D eigenvalue weighted by Crippen LogP contribution is -1.86. The first-order valence-corrected chi connectivity index (χ1v) is 6.91. The Kier molecular flexibility index (Phi) is 5.24. The molecule has 0 saturated carbocycles. The zero-order valence-corrected chi connectivity index (χ0v) is 12.1. The van der Waals surface area contributed by atoms with Crippen LogP contribution >= 0.6 is 0 Å². The first-order valence-electron chi connectivity index (χ1n) is 6.91. The maximum absolute atomic E-state index is 4.18. The van der Waals surface area contributed by atoms with Crippen LogP contribution in [0.1, 0.15) is 37.2 Å². The molecule has 0 spiro atoms. The van der Waals surface area contributed by atoms with E-state index < -0.39 is 0 Å². The van der Waals surface area contributed by atoms with E-state index in [1.54, 1.807) is 12.4 Å². The third kappa shape index (κ3) is 4.81. The Morgan fingerprint density at radius 3 is 2.60 bits per heavy atom. The van der Waals surface area contributed by atoms with Gasteiger partial charge in [-0.1, -0.05) is 42.0 Å². The molecule has 1 heterocycles. The molecule has 0 aliphatic rings. The predicted octanol–water partition coefficient (Wildman–Crippen LogP) is 4.55. The summed E-state index contributed by atoms with van der Waals surface area (Å²) in [6.45, 7) is 4.28. The average Bonchev–Trinajstić information content (AvgIpc) is 2.46. The molecule has 0 atom stereocenters. The van der Waals surface area contributed by atoms with Crippen LogP contribution in [0.3, 0.4) is 0 Å².